The van der Waals surface area contributed by atoms with Gasteiger partial charge in [-0.1, -0.05) is 25.1 Å². The van der Waals surface area contributed by atoms with Crippen LogP contribution in [0.25, 0.3) is 10.9 Å². The van der Waals surface area contributed by atoms with Gasteiger partial charge in [0.15, 0.2) is 0 Å². The zero-order chi connectivity index (χ0) is 11.4. The lowest BCUT2D eigenvalue weighted by Crippen LogP contribution is -2.31. The van der Waals surface area contributed by atoms with E-state index in [4.69, 9.17) is 4.84 Å². The molecule has 2 aromatic rings. The second-order valence-corrected chi connectivity index (χ2v) is 5.17. The maximum Gasteiger partial charge on any atom is 0.0803 e. The van der Waals surface area contributed by atoms with Gasteiger partial charge in [0.05, 0.1) is 12.6 Å². The minimum atomic E-state index is 0.422. The molecular weight excluding hydrogens is 212 g/mol. The predicted octanol–water partition coefficient (Wildman–Crippen LogP) is 2.65. The van der Waals surface area contributed by atoms with E-state index in [0.717, 1.165) is 19.6 Å². The molecule has 1 N–H and O–H groups in total. The fourth-order valence-corrected chi connectivity index (χ4v) is 3.27. The lowest BCUT2D eigenvalue weighted by atomic mass is 9.92. The van der Waals surface area contributed by atoms with Gasteiger partial charge in [0.25, 0.3) is 0 Å². The van der Waals surface area contributed by atoms with Crippen molar-refractivity contribution in [3.05, 3.63) is 35.5 Å². The molecule has 0 radical (unpaired) electrons. The standard InChI is InChI=1S/C14H16N2O/c1-9-8-17-16-7-6-11-10-4-2-3-5-12(10)15-13(11)14(9)16/h2-5,9,14-15H,6-8H2,1H3/t9-,14-/m1/s1. The summed E-state index contributed by atoms with van der Waals surface area (Å²) in [5, 5.41) is 3.55. The fourth-order valence-electron chi connectivity index (χ4n) is 3.27. The molecule has 0 amide bonds. The van der Waals surface area contributed by atoms with Crippen LogP contribution in [0.2, 0.25) is 0 Å². The zero-order valence-electron chi connectivity index (χ0n) is 9.94. The molecule has 1 aromatic heterocycles. The van der Waals surface area contributed by atoms with E-state index >= 15 is 0 Å². The van der Waals surface area contributed by atoms with Gasteiger partial charge in [-0.25, -0.2) is 0 Å². The van der Waals surface area contributed by atoms with Crippen LogP contribution < -0.4 is 0 Å². The molecule has 0 unspecified atom stereocenters. The fraction of sp³-hybridized carbons (Fsp3) is 0.429. The summed E-state index contributed by atoms with van der Waals surface area (Å²) in [5.74, 6) is 0.571. The van der Waals surface area contributed by atoms with Crippen molar-refractivity contribution >= 4 is 10.9 Å². The molecule has 0 bridgehead atoms. The summed E-state index contributed by atoms with van der Waals surface area (Å²) in [4.78, 5) is 9.33. The number of H-pyrrole nitrogens is 1. The number of rotatable bonds is 0. The van der Waals surface area contributed by atoms with Crippen molar-refractivity contribution in [1.82, 2.24) is 10.0 Å². The van der Waals surface area contributed by atoms with Gasteiger partial charge in [0.1, 0.15) is 0 Å². The van der Waals surface area contributed by atoms with E-state index in [1.54, 1.807) is 0 Å². The van der Waals surface area contributed by atoms with Gasteiger partial charge >= 0.3 is 0 Å². The number of hydrogen-bond acceptors (Lipinski definition) is 2. The summed E-state index contributed by atoms with van der Waals surface area (Å²) in [5.41, 5.74) is 4.14. The highest BCUT2D eigenvalue weighted by Crippen LogP contribution is 2.41. The third-order valence-corrected chi connectivity index (χ3v) is 4.08. The third-order valence-electron chi connectivity index (χ3n) is 4.08. The van der Waals surface area contributed by atoms with Crippen molar-refractivity contribution in [1.29, 1.82) is 0 Å². The van der Waals surface area contributed by atoms with Crippen molar-refractivity contribution in [3.8, 4) is 0 Å². The Labute approximate surface area is 100 Å². The second kappa shape index (κ2) is 3.34. The van der Waals surface area contributed by atoms with E-state index in [9.17, 15) is 0 Å². The molecule has 3 heterocycles. The summed E-state index contributed by atoms with van der Waals surface area (Å²) in [6.07, 6.45) is 1.09. The van der Waals surface area contributed by atoms with Crippen molar-refractivity contribution in [3.63, 3.8) is 0 Å². The Bertz CT molecular complexity index is 575. The van der Waals surface area contributed by atoms with Crippen molar-refractivity contribution < 1.29 is 4.84 Å². The third kappa shape index (κ3) is 1.24. The van der Waals surface area contributed by atoms with Crippen LogP contribution in [0.1, 0.15) is 24.2 Å². The Hall–Kier alpha value is -1.32. The monoisotopic (exact) mass is 228 g/mol. The molecule has 1 saturated heterocycles. The Balaban J connectivity index is 1.95. The van der Waals surface area contributed by atoms with Gasteiger partial charge in [-0.15, -0.1) is 0 Å². The quantitative estimate of drug-likeness (QED) is 0.750. The number of hydroxylamine groups is 2. The van der Waals surface area contributed by atoms with Gasteiger partial charge < -0.3 is 4.98 Å². The van der Waals surface area contributed by atoms with Crippen LogP contribution in [-0.4, -0.2) is 23.2 Å². The van der Waals surface area contributed by atoms with Gasteiger partial charge in [0, 0.05) is 29.1 Å². The van der Waals surface area contributed by atoms with Gasteiger partial charge in [0.2, 0.25) is 0 Å². The van der Waals surface area contributed by atoms with Gasteiger partial charge in [-0.2, -0.15) is 5.06 Å². The molecule has 1 aromatic carbocycles. The number of fused-ring (bicyclic) bond motifs is 5. The first-order valence-electron chi connectivity index (χ1n) is 6.33. The van der Waals surface area contributed by atoms with E-state index in [1.165, 1.54) is 22.2 Å². The summed E-state index contributed by atoms with van der Waals surface area (Å²) in [6, 6.07) is 9.03. The number of hydrogen-bond donors (Lipinski definition) is 1. The maximum absolute atomic E-state index is 5.74. The van der Waals surface area contributed by atoms with E-state index in [-0.39, 0.29) is 0 Å². The van der Waals surface area contributed by atoms with Crippen molar-refractivity contribution in [2.24, 2.45) is 5.92 Å². The van der Waals surface area contributed by atoms with Crippen LogP contribution in [-0.2, 0) is 11.3 Å². The first kappa shape index (κ1) is 9.68. The maximum atomic E-state index is 5.74. The van der Waals surface area contributed by atoms with E-state index in [1.807, 2.05) is 0 Å². The minimum absolute atomic E-state index is 0.422. The van der Waals surface area contributed by atoms with Crippen LogP contribution >= 0.6 is 0 Å². The molecule has 4 rings (SSSR count). The lowest BCUT2D eigenvalue weighted by Gasteiger charge is -2.29. The van der Waals surface area contributed by atoms with Crippen LogP contribution in [0.3, 0.4) is 0 Å². The van der Waals surface area contributed by atoms with Crippen molar-refractivity contribution in [2.45, 2.75) is 19.4 Å². The van der Waals surface area contributed by atoms with Crippen LogP contribution in [0.5, 0.6) is 0 Å². The molecular formula is C14H16N2O. The molecule has 0 saturated carbocycles. The highest BCUT2D eigenvalue weighted by molar-refractivity contribution is 5.85. The Morgan fingerprint density at radius 2 is 2.24 bits per heavy atom. The molecule has 1 fully saturated rings. The van der Waals surface area contributed by atoms with Gasteiger partial charge in [-0.3, -0.25) is 4.84 Å². The molecule has 2 aliphatic heterocycles. The average molecular weight is 228 g/mol. The van der Waals surface area contributed by atoms with Crippen LogP contribution in [0.15, 0.2) is 24.3 Å². The number of nitrogens with zero attached hydrogens (tertiary/aromatic N) is 1. The number of benzene rings is 1. The lowest BCUT2D eigenvalue weighted by molar-refractivity contribution is -0.136. The van der Waals surface area contributed by atoms with Crippen molar-refractivity contribution in [2.75, 3.05) is 13.2 Å². The van der Waals surface area contributed by atoms with E-state index < -0.39 is 0 Å². The summed E-state index contributed by atoms with van der Waals surface area (Å²) in [7, 11) is 0. The molecule has 2 atom stereocenters. The summed E-state index contributed by atoms with van der Waals surface area (Å²) < 4.78 is 0. The van der Waals surface area contributed by atoms with Crippen LogP contribution in [0, 0.1) is 5.92 Å². The molecule has 0 spiro atoms. The van der Waals surface area contributed by atoms with E-state index in [0.29, 0.717) is 12.0 Å². The highest BCUT2D eigenvalue weighted by atomic mass is 16.7. The highest BCUT2D eigenvalue weighted by Gasteiger charge is 2.39. The topological polar surface area (TPSA) is 28.3 Å². The number of nitrogens with one attached hydrogen (secondary N) is 1. The summed E-state index contributed by atoms with van der Waals surface area (Å²) in [6.45, 7) is 4.13. The Morgan fingerprint density at radius 3 is 3.18 bits per heavy atom. The zero-order valence-corrected chi connectivity index (χ0v) is 9.94. The first-order valence-corrected chi connectivity index (χ1v) is 6.33. The van der Waals surface area contributed by atoms with Gasteiger partial charge in [-0.05, 0) is 18.1 Å². The molecule has 3 nitrogen and oxygen atoms in total. The first-order chi connectivity index (χ1) is 8.34. The molecule has 0 aliphatic carbocycles. The Morgan fingerprint density at radius 1 is 1.35 bits per heavy atom. The van der Waals surface area contributed by atoms with Crippen LogP contribution in [0.4, 0.5) is 0 Å². The predicted molar refractivity (Wildman–Crippen MR) is 66.6 cm³/mol. The average Bonchev–Trinajstić information content (AvgIpc) is 2.90. The molecule has 3 heteroatoms. The molecule has 2 aliphatic rings. The molecule has 88 valence electrons. The molecule has 17 heavy (non-hydrogen) atoms. The van der Waals surface area contributed by atoms with E-state index in [2.05, 4.69) is 41.2 Å². The number of aromatic amines is 1. The SMILES string of the molecule is C[C@@H]1CON2CCc3c([nH]c4ccccc34)[C@@H]12. The second-order valence-electron chi connectivity index (χ2n) is 5.17. The normalized spacial score (nSPS) is 28.3. The minimum Gasteiger partial charge on any atom is -0.357 e. The smallest absolute Gasteiger partial charge is 0.0803 e. The summed E-state index contributed by atoms with van der Waals surface area (Å²) >= 11 is 0. The number of aromatic nitrogens is 1. The number of para-hydroxylation sites is 1. The Kier molecular flexibility index (Phi) is 1.90. The largest absolute Gasteiger partial charge is 0.357 e.